The fourth-order valence-electron chi connectivity index (χ4n) is 10.2. The normalized spacial score (nSPS) is 37.3. The minimum absolute atomic E-state index is 0.521. The highest BCUT2D eigenvalue weighted by molar-refractivity contribution is 7.84. The number of carbonyl (C=O) groups is 2. The predicted molar refractivity (Wildman–Crippen MR) is 284 cm³/mol. The monoisotopic (exact) mass is 1580 g/mol. The van der Waals surface area contributed by atoms with E-state index < -0.39 is 268 Å². The van der Waals surface area contributed by atoms with E-state index in [-0.39, 0.29) is 0 Å². The van der Waals surface area contributed by atoms with Crippen molar-refractivity contribution in [3.8, 4) is 0 Å². The quantitative estimate of drug-likeness (QED) is 0.0262. The van der Waals surface area contributed by atoms with E-state index in [1.165, 1.54) is 4.72 Å². The van der Waals surface area contributed by atoms with Crippen LogP contribution < -0.4 is 9.44 Å². The Bertz CT molecular complexity index is 3590. The highest BCUT2D eigenvalue weighted by Crippen LogP contribution is 2.41. The summed E-state index contributed by atoms with van der Waals surface area (Å²) in [6.07, 6.45) is -59.4. The summed E-state index contributed by atoms with van der Waals surface area (Å²) in [5.41, 5.74) is 0. The fourth-order valence-corrected chi connectivity index (χ4v) is 13.8. The molecule has 1 unspecified atom stereocenters. The zero-order chi connectivity index (χ0) is 73.0. The van der Waals surface area contributed by atoms with Gasteiger partial charge in [0, 0.05) is 42.7 Å². The molecule has 5 aliphatic rings. The Balaban J connectivity index is 1.66. The van der Waals surface area contributed by atoms with Crippen LogP contribution in [-0.4, -0.2) is 347 Å². The van der Waals surface area contributed by atoms with E-state index in [9.17, 15) is 129 Å². The van der Waals surface area contributed by atoms with Gasteiger partial charge in [-0.3, -0.25) is 36.4 Å². The third-order valence-corrected chi connectivity index (χ3v) is 17.4. The first-order chi connectivity index (χ1) is 43.9. The number of ether oxygens (including phenoxy) is 15. The van der Waals surface area contributed by atoms with Gasteiger partial charge in [-0.05, 0) is 0 Å². The molecule has 0 aliphatic carbocycles. The molecule has 13 N–H and O–H groups in total. The van der Waals surface area contributed by atoms with Gasteiger partial charge in [0.25, 0.3) is 0 Å². The van der Waals surface area contributed by atoms with Crippen LogP contribution in [0.25, 0.3) is 0 Å². The van der Waals surface area contributed by atoms with E-state index in [4.69, 9.17) is 75.2 Å². The SMILES string of the molecule is COC1[C@@H](OC)[C@H](COS(=O)(=O)O)O[C@@H](O[C@H]2[C@@H](OC)[C@H](OC)[C@@H](O[C@H]3[C@@H](OS(=O)(=O)O)[C@H](OS(=O)(=O)O)[C@H](O[C@@H]4[C@@H](OC)[C@H](OS(=O)(=O)O)[C@@H](O[C@H]5[C@H](OC)[C@@H](NS(=O)(=O)O)[C@H](O)O[C@@H]5COS(=O)(=O)O)O[C@H]4C(=O)O)O[C@@H]3COS(=O)(=O)O)O[C@@H]2C(=O)O)[C@H]1NS(=O)(=O)O. The minimum Gasteiger partial charge on any atom is -0.479 e. The maximum Gasteiger partial charge on any atom is 0.397 e. The number of hydrogen-bond donors (Lipinski definition) is 13. The third kappa shape index (κ3) is 23.9. The number of aliphatic hydroxyl groups excluding tert-OH is 1. The number of hydrogen-bond acceptors (Lipinski definition) is 40. The van der Waals surface area contributed by atoms with Gasteiger partial charge in [0.2, 0.25) is 0 Å². The molecule has 5 fully saturated rings. The van der Waals surface area contributed by atoms with Crippen molar-refractivity contribution in [1.29, 1.82) is 0 Å². The first kappa shape index (κ1) is 83.9. The Kier molecular flexibility index (Phi) is 29.0. The average molecular weight is 1580 g/mol. The van der Waals surface area contributed by atoms with Gasteiger partial charge in [0.15, 0.2) is 55.9 Å². The zero-order valence-electron chi connectivity index (χ0n) is 48.7. The van der Waals surface area contributed by atoms with E-state index >= 15 is 0 Å². The molecule has 0 aromatic rings. The van der Waals surface area contributed by atoms with Crippen LogP contribution >= 0.6 is 0 Å². The smallest absolute Gasteiger partial charge is 0.397 e. The van der Waals surface area contributed by atoms with E-state index in [0.717, 1.165) is 28.4 Å². The molecule has 0 spiro atoms. The van der Waals surface area contributed by atoms with Crippen LogP contribution in [0.15, 0.2) is 0 Å². The highest BCUT2D eigenvalue weighted by atomic mass is 32.3. The molecule has 0 saturated carbocycles. The van der Waals surface area contributed by atoms with Gasteiger partial charge in [0.1, 0.15) is 97.5 Å². The minimum atomic E-state index is -6.31. The summed E-state index contributed by atoms with van der Waals surface area (Å²) in [6.45, 7) is -4.62. The molecule has 5 aliphatic heterocycles. The second-order valence-corrected chi connectivity index (χ2v) is 28.4. The van der Waals surface area contributed by atoms with Gasteiger partial charge >= 0.3 is 94.9 Å². The Labute approximate surface area is 542 Å². The van der Waals surface area contributed by atoms with Crippen LogP contribution in [0.1, 0.15) is 0 Å². The first-order valence-electron chi connectivity index (χ1n) is 25.4. The van der Waals surface area contributed by atoms with E-state index in [0.29, 0.717) is 14.2 Å². The van der Waals surface area contributed by atoms with Crippen molar-refractivity contribution in [2.45, 2.75) is 153 Å². The van der Waals surface area contributed by atoms with Crippen LogP contribution in [0, 0.1) is 0 Å². The number of aliphatic hydroxyl groups is 1. The highest BCUT2D eigenvalue weighted by Gasteiger charge is 2.62. The van der Waals surface area contributed by atoms with Gasteiger partial charge in [-0.15, -0.1) is 0 Å². The molecule has 0 amide bonds. The zero-order valence-corrected chi connectivity index (χ0v) is 55.2. The Morgan fingerprint density at radius 2 is 0.625 bits per heavy atom. The van der Waals surface area contributed by atoms with Gasteiger partial charge in [-0.25, -0.2) is 34.7 Å². The first-order valence-corrected chi connectivity index (χ1v) is 36.4. The maximum absolute atomic E-state index is 13.3. The summed E-state index contributed by atoms with van der Waals surface area (Å²) in [5, 5.41) is 32.1. The van der Waals surface area contributed by atoms with Crippen LogP contribution in [-0.2, 0) is 189 Å². The molecule has 96 heavy (non-hydrogen) atoms. The average Bonchev–Trinajstić information content (AvgIpc) is 0.761. The molecule has 0 radical (unpaired) electrons. The maximum atomic E-state index is 13.3. The largest absolute Gasteiger partial charge is 0.479 e. The van der Waals surface area contributed by atoms with Crippen molar-refractivity contribution in [1.82, 2.24) is 9.44 Å². The van der Waals surface area contributed by atoms with E-state index in [1.54, 1.807) is 4.72 Å². The van der Waals surface area contributed by atoms with Crippen LogP contribution in [0.2, 0.25) is 0 Å². The van der Waals surface area contributed by atoms with Gasteiger partial charge < -0.3 is 86.4 Å². The predicted octanol–water partition coefficient (Wildman–Crippen LogP) is -10.1. The second-order valence-electron chi connectivity index (χ2n) is 19.6. The number of carboxylic acids is 2. The molecule has 5 saturated heterocycles. The standard InChI is InChI=1S/C36H62N2O50S8/c1-68-15-10(7-74-91(50,51)52)78-33(14(19(15)70-3)38-90(47,48)49)82-22-20(71-4)27(73-6)34(84-25(22)30(39)40)81-17-12(9-76-93(56,57)58)79-35(29(88-96(65,66)67)24(17)86-94(59,60)61)83-23-21(72-5)28(87-95(62,63)64)36(85-26(23)31(41)42)80-16-11(8-75-92(53,54)55)77-32(43)13(18(16)69-2)37-89(44,45)46/h10-29,32-38,43H,7-9H2,1-6H3,(H,39,40)(H,41,42)(H,44,45,46)(H,47,48,49)(H,50,51,52)(H,53,54,55)(H,56,57,58)(H,59,60,61)(H,62,63,64)(H,65,66,67)/t10-,11+,12+,13+,14-,15-,16+,17+,18+,19?,20+,21+,22-,23+,24+,25-,26+,27-,28-,29-,32+,33-,34-,35-,36-/m0/s1. The molecule has 0 bridgehead atoms. The summed E-state index contributed by atoms with van der Waals surface area (Å²) in [6, 6.07) is -4.42. The molecule has 5 heterocycles. The van der Waals surface area contributed by atoms with Crippen molar-refractivity contribution in [2.24, 2.45) is 0 Å². The number of rotatable bonds is 35. The molecule has 0 aromatic carbocycles. The lowest BCUT2D eigenvalue weighted by Crippen LogP contribution is -2.70. The van der Waals surface area contributed by atoms with Crippen LogP contribution in [0.5, 0.6) is 0 Å². The number of nitrogens with one attached hydrogen (secondary N) is 2. The molecule has 25 atom stereocenters. The summed E-state index contributed by atoms with van der Waals surface area (Å²) in [7, 11) is -41.7. The number of carboxylic acid groups (broad SMARTS) is 2. The van der Waals surface area contributed by atoms with E-state index in [2.05, 4.69) is 20.9 Å². The summed E-state index contributed by atoms with van der Waals surface area (Å²) in [5.74, 6) is -4.57. The third-order valence-electron chi connectivity index (χ3n) is 13.6. The van der Waals surface area contributed by atoms with Crippen molar-refractivity contribution >= 4 is 94.9 Å². The van der Waals surface area contributed by atoms with Crippen molar-refractivity contribution < 1.29 is 225 Å². The van der Waals surface area contributed by atoms with Gasteiger partial charge in [-0.1, -0.05) is 0 Å². The molecule has 52 nitrogen and oxygen atoms in total. The molecule has 564 valence electrons. The number of aliphatic carboxylic acids is 2. The Hall–Kier alpha value is -2.74. The molecule has 60 heteroatoms. The van der Waals surface area contributed by atoms with Crippen molar-refractivity contribution in [3.63, 3.8) is 0 Å². The summed E-state index contributed by atoms with van der Waals surface area (Å²) in [4.78, 5) is 26.6. The Morgan fingerprint density at radius 1 is 0.333 bits per heavy atom. The van der Waals surface area contributed by atoms with Gasteiger partial charge in [-0.2, -0.15) is 76.8 Å². The van der Waals surface area contributed by atoms with Gasteiger partial charge in [0.05, 0.1) is 19.8 Å². The molecular formula is C36H62N2O50S8. The summed E-state index contributed by atoms with van der Waals surface area (Å²) >= 11 is 0. The van der Waals surface area contributed by atoms with Crippen LogP contribution in [0.4, 0.5) is 0 Å². The van der Waals surface area contributed by atoms with E-state index in [1.807, 2.05) is 0 Å². The molecular weight excluding hydrogens is 1520 g/mol. The lowest BCUT2D eigenvalue weighted by atomic mass is 9.94. The van der Waals surface area contributed by atoms with Crippen molar-refractivity contribution in [2.75, 3.05) is 62.5 Å². The molecule has 0 aromatic heterocycles. The lowest BCUT2D eigenvalue weighted by molar-refractivity contribution is -0.383. The number of methoxy groups -OCH3 is 6. The topological polar surface area (TPSA) is 748 Å². The Morgan fingerprint density at radius 3 is 1.00 bits per heavy atom. The molecule has 5 rings (SSSR count). The fraction of sp³-hybridized carbons (Fsp3) is 0.944. The summed E-state index contributed by atoms with van der Waals surface area (Å²) < 4.78 is 387. The van der Waals surface area contributed by atoms with Crippen molar-refractivity contribution in [3.05, 3.63) is 0 Å². The second kappa shape index (κ2) is 33.1. The lowest BCUT2D eigenvalue weighted by Gasteiger charge is -2.51. The van der Waals surface area contributed by atoms with Crippen LogP contribution in [0.3, 0.4) is 0 Å².